The van der Waals surface area contributed by atoms with Crippen LogP contribution in [0.2, 0.25) is 5.02 Å². The lowest BCUT2D eigenvalue weighted by atomic mass is 10.1. The maximum atomic E-state index is 12.2. The number of furan rings is 1. The second kappa shape index (κ2) is 4.88. The number of halogens is 1. The van der Waals surface area contributed by atoms with E-state index in [1.54, 1.807) is 18.2 Å². The highest BCUT2D eigenvalue weighted by molar-refractivity contribution is 7.15. The summed E-state index contributed by atoms with van der Waals surface area (Å²) in [7, 11) is 0. The molecule has 0 fully saturated rings. The number of nitrogens with one attached hydrogen (secondary N) is 1. The van der Waals surface area contributed by atoms with Crippen LogP contribution in [0.15, 0.2) is 22.6 Å². The summed E-state index contributed by atoms with van der Waals surface area (Å²) in [6, 6.07) is 5.25. The van der Waals surface area contributed by atoms with Gasteiger partial charge in [0.05, 0.1) is 0 Å². The van der Waals surface area contributed by atoms with Gasteiger partial charge in [0, 0.05) is 16.0 Å². The summed E-state index contributed by atoms with van der Waals surface area (Å²) in [4.78, 5) is 12.2. The number of aromatic nitrogens is 2. The second-order valence-corrected chi connectivity index (χ2v) is 5.90. The molecular formula is C13H10ClN3O2S. The van der Waals surface area contributed by atoms with Crippen molar-refractivity contribution >= 4 is 44.9 Å². The monoisotopic (exact) mass is 307 g/mol. The molecule has 0 bridgehead atoms. The van der Waals surface area contributed by atoms with E-state index in [0.717, 1.165) is 16.0 Å². The molecule has 2 heterocycles. The highest BCUT2D eigenvalue weighted by atomic mass is 35.5. The Labute approximate surface area is 123 Å². The van der Waals surface area contributed by atoms with Crippen molar-refractivity contribution in [2.45, 2.75) is 13.8 Å². The van der Waals surface area contributed by atoms with Crippen molar-refractivity contribution in [2.75, 3.05) is 5.32 Å². The summed E-state index contributed by atoms with van der Waals surface area (Å²) in [5, 5.41) is 13.0. The molecule has 0 aliphatic heterocycles. The van der Waals surface area contributed by atoms with Crippen molar-refractivity contribution in [1.29, 1.82) is 0 Å². The average Bonchev–Trinajstić information content (AvgIpc) is 2.94. The van der Waals surface area contributed by atoms with E-state index in [0.29, 0.717) is 15.7 Å². The fourth-order valence-electron chi connectivity index (χ4n) is 1.91. The predicted molar refractivity (Wildman–Crippen MR) is 78.6 cm³/mol. The SMILES string of the molecule is Cc1nnc(NC(=O)c2oc3ccc(Cl)cc3c2C)s1. The predicted octanol–water partition coefficient (Wildman–Crippen LogP) is 3.81. The molecular weight excluding hydrogens is 298 g/mol. The Bertz CT molecular complexity index is 809. The molecule has 1 N–H and O–H groups in total. The number of benzene rings is 1. The smallest absolute Gasteiger partial charge is 0.293 e. The molecule has 0 saturated heterocycles. The number of anilines is 1. The Morgan fingerprint density at radius 2 is 2.15 bits per heavy atom. The lowest BCUT2D eigenvalue weighted by Gasteiger charge is -1.98. The van der Waals surface area contributed by atoms with Gasteiger partial charge in [0.15, 0.2) is 5.76 Å². The lowest BCUT2D eigenvalue weighted by molar-refractivity contribution is 0.0998. The highest BCUT2D eigenvalue weighted by Crippen LogP contribution is 2.28. The third-order valence-corrected chi connectivity index (χ3v) is 3.84. The third-order valence-electron chi connectivity index (χ3n) is 2.85. The van der Waals surface area contributed by atoms with Crippen LogP contribution in [0.25, 0.3) is 11.0 Å². The summed E-state index contributed by atoms with van der Waals surface area (Å²) in [6.45, 7) is 3.64. The largest absolute Gasteiger partial charge is 0.451 e. The van der Waals surface area contributed by atoms with Crippen LogP contribution >= 0.6 is 22.9 Å². The minimum absolute atomic E-state index is 0.259. The van der Waals surface area contributed by atoms with E-state index in [4.69, 9.17) is 16.0 Å². The first-order valence-corrected chi connectivity index (χ1v) is 7.04. The minimum atomic E-state index is -0.342. The molecule has 102 valence electrons. The second-order valence-electron chi connectivity index (χ2n) is 4.28. The van der Waals surface area contributed by atoms with Gasteiger partial charge in [-0.1, -0.05) is 22.9 Å². The number of hydrogen-bond acceptors (Lipinski definition) is 5. The molecule has 3 rings (SSSR count). The van der Waals surface area contributed by atoms with Gasteiger partial charge in [-0.15, -0.1) is 10.2 Å². The molecule has 2 aromatic heterocycles. The Balaban J connectivity index is 1.97. The number of carbonyl (C=O) groups excluding carboxylic acids is 1. The standard InChI is InChI=1S/C13H10ClN3O2S/c1-6-9-5-8(14)3-4-10(9)19-11(6)12(18)15-13-17-16-7(2)20-13/h3-5H,1-2H3,(H,15,17,18). The van der Waals surface area contributed by atoms with Crippen molar-refractivity contribution in [2.24, 2.45) is 0 Å². The molecule has 0 saturated carbocycles. The van der Waals surface area contributed by atoms with Crippen LogP contribution in [0.4, 0.5) is 5.13 Å². The van der Waals surface area contributed by atoms with Crippen molar-refractivity contribution in [3.05, 3.63) is 39.6 Å². The Morgan fingerprint density at radius 1 is 1.35 bits per heavy atom. The maximum Gasteiger partial charge on any atom is 0.293 e. The van der Waals surface area contributed by atoms with Gasteiger partial charge in [0.1, 0.15) is 10.6 Å². The topological polar surface area (TPSA) is 68.0 Å². The normalized spacial score (nSPS) is 10.9. The van der Waals surface area contributed by atoms with E-state index in [2.05, 4.69) is 15.5 Å². The number of rotatable bonds is 2. The Kier molecular flexibility index (Phi) is 3.19. The van der Waals surface area contributed by atoms with E-state index < -0.39 is 0 Å². The van der Waals surface area contributed by atoms with Gasteiger partial charge in [-0.05, 0) is 32.0 Å². The molecule has 1 amide bonds. The fourth-order valence-corrected chi connectivity index (χ4v) is 2.67. The summed E-state index contributed by atoms with van der Waals surface area (Å²) < 4.78 is 5.58. The number of amides is 1. The van der Waals surface area contributed by atoms with Crippen LogP contribution in [-0.4, -0.2) is 16.1 Å². The van der Waals surface area contributed by atoms with Gasteiger partial charge in [-0.2, -0.15) is 0 Å². The van der Waals surface area contributed by atoms with Crippen LogP contribution in [0.3, 0.4) is 0 Å². The quantitative estimate of drug-likeness (QED) is 0.781. The molecule has 0 aliphatic carbocycles. The number of carbonyl (C=O) groups is 1. The molecule has 3 aromatic rings. The Morgan fingerprint density at radius 3 is 2.85 bits per heavy atom. The lowest BCUT2D eigenvalue weighted by Crippen LogP contribution is -2.11. The zero-order chi connectivity index (χ0) is 14.3. The van der Waals surface area contributed by atoms with E-state index in [-0.39, 0.29) is 11.7 Å². The van der Waals surface area contributed by atoms with E-state index >= 15 is 0 Å². The van der Waals surface area contributed by atoms with Crippen LogP contribution < -0.4 is 5.32 Å². The Hall–Kier alpha value is -1.92. The van der Waals surface area contributed by atoms with Gasteiger partial charge in [0.25, 0.3) is 5.91 Å². The first-order valence-electron chi connectivity index (χ1n) is 5.84. The molecule has 0 spiro atoms. The first kappa shape index (κ1) is 13.1. The average molecular weight is 308 g/mol. The molecule has 0 unspecified atom stereocenters. The number of hydrogen-bond donors (Lipinski definition) is 1. The number of fused-ring (bicyclic) bond motifs is 1. The summed E-state index contributed by atoms with van der Waals surface area (Å²) in [6.07, 6.45) is 0. The first-order chi connectivity index (χ1) is 9.54. The van der Waals surface area contributed by atoms with E-state index in [9.17, 15) is 4.79 Å². The number of nitrogens with zero attached hydrogens (tertiary/aromatic N) is 2. The summed E-state index contributed by atoms with van der Waals surface area (Å²) in [5.74, 6) is -0.0823. The fraction of sp³-hybridized carbons (Fsp3) is 0.154. The van der Waals surface area contributed by atoms with Gasteiger partial charge in [-0.3, -0.25) is 10.1 Å². The van der Waals surface area contributed by atoms with Gasteiger partial charge < -0.3 is 4.42 Å². The van der Waals surface area contributed by atoms with Crippen LogP contribution in [0.5, 0.6) is 0 Å². The summed E-state index contributed by atoms with van der Waals surface area (Å²) in [5.41, 5.74) is 1.38. The zero-order valence-corrected chi connectivity index (χ0v) is 12.3. The number of aryl methyl sites for hydroxylation is 2. The molecule has 0 aliphatic rings. The van der Waals surface area contributed by atoms with Gasteiger partial charge >= 0.3 is 0 Å². The summed E-state index contributed by atoms with van der Waals surface area (Å²) >= 11 is 7.26. The van der Waals surface area contributed by atoms with Crippen LogP contribution in [0, 0.1) is 13.8 Å². The molecule has 7 heteroatoms. The zero-order valence-electron chi connectivity index (χ0n) is 10.7. The van der Waals surface area contributed by atoms with Gasteiger partial charge in [-0.25, -0.2) is 0 Å². The minimum Gasteiger partial charge on any atom is -0.451 e. The van der Waals surface area contributed by atoms with E-state index in [1.165, 1.54) is 11.3 Å². The molecule has 20 heavy (non-hydrogen) atoms. The molecule has 0 atom stereocenters. The van der Waals surface area contributed by atoms with Crippen LogP contribution in [-0.2, 0) is 0 Å². The van der Waals surface area contributed by atoms with Crippen molar-refractivity contribution < 1.29 is 9.21 Å². The molecule has 0 radical (unpaired) electrons. The van der Waals surface area contributed by atoms with Gasteiger partial charge in [0.2, 0.25) is 5.13 Å². The molecule has 5 nitrogen and oxygen atoms in total. The third kappa shape index (κ3) is 2.28. The van der Waals surface area contributed by atoms with Crippen LogP contribution in [0.1, 0.15) is 21.1 Å². The van der Waals surface area contributed by atoms with Crippen molar-refractivity contribution in [3.8, 4) is 0 Å². The van der Waals surface area contributed by atoms with E-state index in [1.807, 2.05) is 13.8 Å². The molecule has 1 aromatic carbocycles. The highest BCUT2D eigenvalue weighted by Gasteiger charge is 2.19. The van der Waals surface area contributed by atoms with Crippen molar-refractivity contribution in [1.82, 2.24) is 10.2 Å². The van der Waals surface area contributed by atoms with Crippen molar-refractivity contribution in [3.63, 3.8) is 0 Å². The maximum absolute atomic E-state index is 12.2.